The first-order valence-corrected chi connectivity index (χ1v) is 11.3. The monoisotopic (exact) mass is 436 g/mol. The molecule has 7 nitrogen and oxygen atoms in total. The highest BCUT2D eigenvalue weighted by molar-refractivity contribution is 5.82. The van der Waals surface area contributed by atoms with Gasteiger partial charge in [0.15, 0.2) is 0 Å². The molecule has 2 aliphatic rings. The zero-order valence-electron chi connectivity index (χ0n) is 18.7. The summed E-state index contributed by atoms with van der Waals surface area (Å²) < 4.78 is 0. The van der Waals surface area contributed by atoms with Crippen LogP contribution in [0, 0.1) is 5.92 Å². The Morgan fingerprint density at radius 3 is 2.44 bits per heavy atom. The molecule has 3 N–H and O–H groups in total. The van der Waals surface area contributed by atoms with Gasteiger partial charge in [0.1, 0.15) is 0 Å². The van der Waals surface area contributed by atoms with Gasteiger partial charge in [-0.25, -0.2) is 0 Å². The summed E-state index contributed by atoms with van der Waals surface area (Å²) in [5.74, 6) is -0.755. The lowest BCUT2D eigenvalue weighted by molar-refractivity contribution is -0.139. The number of hydrogen-bond acceptors (Lipinski definition) is 5. The van der Waals surface area contributed by atoms with Crippen molar-refractivity contribution in [2.24, 2.45) is 5.92 Å². The number of likely N-dealkylation sites (N-methyl/N-ethyl adjacent to an activating group) is 1. The molecule has 0 spiro atoms. The molecule has 1 heterocycles. The van der Waals surface area contributed by atoms with E-state index in [0.717, 1.165) is 67.1 Å². The van der Waals surface area contributed by atoms with Crippen molar-refractivity contribution < 1.29 is 14.7 Å². The van der Waals surface area contributed by atoms with Gasteiger partial charge in [0.2, 0.25) is 5.91 Å². The maximum absolute atomic E-state index is 12.6. The van der Waals surface area contributed by atoms with Crippen molar-refractivity contribution in [2.45, 2.75) is 25.8 Å². The molecule has 7 heteroatoms. The minimum atomic E-state index is -0.886. The number of nitrogens with zero attached hydrogens (tertiary/aromatic N) is 3. The molecule has 1 saturated carbocycles. The van der Waals surface area contributed by atoms with Crippen molar-refractivity contribution in [1.82, 2.24) is 9.80 Å². The first kappa shape index (κ1) is 22.1. The van der Waals surface area contributed by atoms with E-state index in [1.165, 1.54) is 0 Å². The number of carbonyl (C=O) groups is 2. The van der Waals surface area contributed by atoms with E-state index in [-0.39, 0.29) is 24.8 Å². The van der Waals surface area contributed by atoms with Gasteiger partial charge < -0.3 is 25.5 Å². The number of amides is 1. The minimum Gasteiger partial charge on any atom is -0.481 e. The highest BCUT2D eigenvalue weighted by Crippen LogP contribution is 2.33. The Hall–Kier alpha value is -3.06. The molecule has 2 aromatic rings. The number of carboxylic acid groups (broad SMARTS) is 1. The first-order valence-electron chi connectivity index (χ1n) is 11.3. The number of carboxylic acids is 1. The SMILES string of the molecule is CN1CCN(c2ccc(-c3cccc(CN(CCC(=O)O)C(=O)C4CC4)c3)cc2N)CC1. The number of benzene rings is 2. The van der Waals surface area contributed by atoms with Gasteiger partial charge in [-0.2, -0.15) is 0 Å². The van der Waals surface area contributed by atoms with E-state index in [2.05, 4.69) is 35.0 Å². The van der Waals surface area contributed by atoms with Crippen LogP contribution in [-0.2, 0) is 16.1 Å². The number of aliphatic carboxylic acids is 1. The summed E-state index contributed by atoms with van der Waals surface area (Å²) in [6.07, 6.45) is 1.77. The molecule has 0 radical (unpaired) electrons. The Kier molecular flexibility index (Phi) is 6.65. The maximum atomic E-state index is 12.6. The summed E-state index contributed by atoms with van der Waals surface area (Å²) in [4.78, 5) is 30.0. The van der Waals surface area contributed by atoms with Crippen LogP contribution < -0.4 is 10.6 Å². The highest BCUT2D eigenvalue weighted by Gasteiger charge is 2.33. The van der Waals surface area contributed by atoms with Gasteiger partial charge in [-0.1, -0.05) is 24.3 Å². The molecule has 4 rings (SSSR count). The largest absolute Gasteiger partial charge is 0.481 e. The standard InChI is InChI=1S/C25H32N4O3/c1-27-11-13-28(14-12-27)23-8-7-21(16-22(23)26)20-4-2-3-18(15-20)17-29(10-9-24(30)31)25(32)19-5-6-19/h2-4,7-8,15-16,19H,5-6,9-14,17,26H2,1H3,(H,30,31). The van der Waals surface area contributed by atoms with Crippen LogP contribution in [0.15, 0.2) is 42.5 Å². The second kappa shape index (κ2) is 9.61. The lowest BCUT2D eigenvalue weighted by atomic mass is 10.0. The van der Waals surface area contributed by atoms with Gasteiger partial charge in [-0.05, 0) is 54.8 Å². The van der Waals surface area contributed by atoms with Crippen molar-refractivity contribution in [3.8, 4) is 11.1 Å². The van der Waals surface area contributed by atoms with Crippen molar-refractivity contribution in [1.29, 1.82) is 0 Å². The molecule has 1 amide bonds. The third-order valence-corrected chi connectivity index (χ3v) is 6.34. The fourth-order valence-electron chi connectivity index (χ4n) is 4.23. The second-order valence-electron chi connectivity index (χ2n) is 8.94. The molecule has 1 saturated heterocycles. The summed E-state index contributed by atoms with van der Waals surface area (Å²) >= 11 is 0. The van der Waals surface area contributed by atoms with Crippen molar-refractivity contribution in [2.75, 3.05) is 50.4 Å². The predicted octanol–water partition coefficient (Wildman–Crippen LogP) is 2.90. The first-order chi connectivity index (χ1) is 15.4. The summed E-state index contributed by atoms with van der Waals surface area (Å²) in [5.41, 5.74) is 11.3. The van der Waals surface area contributed by atoms with Crippen LogP contribution >= 0.6 is 0 Å². The number of carbonyl (C=O) groups excluding carboxylic acids is 1. The molecule has 0 bridgehead atoms. The summed E-state index contributed by atoms with van der Waals surface area (Å²) in [5, 5.41) is 9.06. The number of rotatable bonds is 8. The fourth-order valence-corrected chi connectivity index (χ4v) is 4.23. The molecule has 2 aromatic carbocycles. The number of hydrogen-bond donors (Lipinski definition) is 2. The topological polar surface area (TPSA) is 90.1 Å². The van der Waals surface area contributed by atoms with E-state index in [1.807, 2.05) is 24.3 Å². The van der Waals surface area contributed by atoms with Gasteiger partial charge >= 0.3 is 5.97 Å². The van der Waals surface area contributed by atoms with Crippen LogP contribution in [0.3, 0.4) is 0 Å². The smallest absolute Gasteiger partial charge is 0.305 e. The Morgan fingerprint density at radius 1 is 1.06 bits per heavy atom. The van der Waals surface area contributed by atoms with Crippen molar-refractivity contribution >= 4 is 23.3 Å². The maximum Gasteiger partial charge on any atom is 0.305 e. The number of anilines is 2. The average Bonchev–Trinajstić information content (AvgIpc) is 3.62. The van der Waals surface area contributed by atoms with Gasteiger partial charge in [-0.15, -0.1) is 0 Å². The number of nitrogens with two attached hydrogens (primary N) is 1. The zero-order valence-corrected chi connectivity index (χ0v) is 18.7. The van der Waals surface area contributed by atoms with E-state index in [4.69, 9.17) is 10.8 Å². The molecule has 0 unspecified atom stereocenters. The lowest BCUT2D eigenvalue weighted by Gasteiger charge is -2.34. The third-order valence-electron chi connectivity index (χ3n) is 6.34. The Balaban J connectivity index is 1.49. The molecule has 1 aliphatic heterocycles. The van der Waals surface area contributed by atoms with Crippen LogP contribution in [0.5, 0.6) is 0 Å². The molecule has 2 fully saturated rings. The molecular formula is C25H32N4O3. The Morgan fingerprint density at radius 2 is 1.78 bits per heavy atom. The highest BCUT2D eigenvalue weighted by atomic mass is 16.4. The van der Waals surface area contributed by atoms with Crippen LogP contribution in [-0.4, -0.2) is 66.6 Å². The van der Waals surface area contributed by atoms with E-state index in [0.29, 0.717) is 6.54 Å². The molecule has 0 aromatic heterocycles. The number of piperazine rings is 1. The van der Waals surface area contributed by atoms with E-state index < -0.39 is 5.97 Å². The van der Waals surface area contributed by atoms with E-state index in [9.17, 15) is 9.59 Å². The molecular weight excluding hydrogens is 404 g/mol. The van der Waals surface area contributed by atoms with Gasteiger partial charge in [0.25, 0.3) is 0 Å². The molecule has 1 aliphatic carbocycles. The van der Waals surface area contributed by atoms with Gasteiger partial charge in [0, 0.05) is 45.2 Å². The molecule has 170 valence electrons. The summed E-state index contributed by atoms with van der Waals surface area (Å²) in [7, 11) is 2.14. The van der Waals surface area contributed by atoms with Crippen LogP contribution in [0.1, 0.15) is 24.8 Å². The van der Waals surface area contributed by atoms with E-state index >= 15 is 0 Å². The predicted molar refractivity (Wildman–Crippen MR) is 126 cm³/mol. The molecule has 32 heavy (non-hydrogen) atoms. The van der Waals surface area contributed by atoms with Crippen LogP contribution in [0.4, 0.5) is 11.4 Å². The normalized spacial score (nSPS) is 16.7. The summed E-state index contributed by atoms with van der Waals surface area (Å²) in [6.45, 7) is 4.66. The Labute approximate surface area is 189 Å². The van der Waals surface area contributed by atoms with Crippen molar-refractivity contribution in [3.05, 3.63) is 48.0 Å². The quantitative estimate of drug-likeness (QED) is 0.619. The number of nitrogen functional groups attached to an aromatic ring is 1. The third kappa shape index (κ3) is 5.40. The zero-order chi connectivity index (χ0) is 22.7. The molecule has 0 atom stereocenters. The van der Waals surface area contributed by atoms with Gasteiger partial charge in [-0.3, -0.25) is 9.59 Å². The van der Waals surface area contributed by atoms with Crippen LogP contribution in [0.2, 0.25) is 0 Å². The summed E-state index contributed by atoms with van der Waals surface area (Å²) in [6, 6.07) is 14.3. The Bertz CT molecular complexity index is 981. The van der Waals surface area contributed by atoms with Crippen molar-refractivity contribution in [3.63, 3.8) is 0 Å². The lowest BCUT2D eigenvalue weighted by Crippen LogP contribution is -2.44. The van der Waals surface area contributed by atoms with Gasteiger partial charge in [0.05, 0.1) is 17.8 Å². The fraction of sp³-hybridized carbons (Fsp3) is 0.440. The van der Waals surface area contributed by atoms with Crippen LogP contribution in [0.25, 0.3) is 11.1 Å². The van der Waals surface area contributed by atoms with E-state index in [1.54, 1.807) is 4.90 Å². The average molecular weight is 437 g/mol. The second-order valence-corrected chi connectivity index (χ2v) is 8.94. The minimum absolute atomic E-state index is 0.0392.